The smallest absolute Gasteiger partial charge is 0.255 e. The third-order valence-corrected chi connectivity index (χ3v) is 4.76. The normalized spacial score (nSPS) is 21.2. The number of rotatable bonds is 5. The van der Waals surface area contributed by atoms with Gasteiger partial charge in [0.2, 0.25) is 5.91 Å². The molecule has 0 bridgehead atoms. The van der Waals surface area contributed by atoms with Crippen LogP contribution < -0.4 is 5.32 Å². The van der Waals surface area contributed by atoms with E-state index in [4.69, 9.17) is 0 Å². The Morgan fingerprint density at radius 1 is 1.27 bits per heavy atom. The van der Waals surface area contributed by atoms with Crippen LogP contribution in [-0.4, -0.2) is 29.3 Å². The van der Waals surface area contributed by atoms with Crippen molar-refractivity contribution in [2.45, 2.75) is 57.5 Å². The predicted octanol–water partition coefficient (Wildman–Crippen LogP) is 3.04. The van der Waals surface area contributed by atoms with Gasteiger partial charge < -0.3 is 10.2 Å². The Morgan fingerprint density at radius 2 is 2.00 bits per heavy atom. The molecule has 4 heteroatoms. The fourth-order valence-corrected chi connectivity index (χ4v) is 3.56. The summed E-state index contributed by atoms with van der Waals surface area (Å²) in [7, 11) is 0. The van der Waals surface area contributed by atoms with Gasteiger partial charge in [0.25, 0.3) is 5.91 Å². The number of carbonyl (C=O) groups is 2. The van der Waals surface area contributed by atoms with Crippen LogP contribution in [0.4, 0.5) is 0 Å². The Kier molecular flexibility index (Phi) is 4.46. The first-order valence-electron chi connectivity index (χ1n) is 8.42. The maximum Gasteiger partial charge on any atom is 0.255 e. The summed E-state index contributed by atoms with van der Waals surface area (Å²) >= 11 is 0. The first-order chi connectivity index (χ1) is 10.7. The van der Waals surface area contributed by atoms with Crippen LogP contribution >= 0.6 is 0 Å². The first kappa shape index (κ1) is 15.1. The summed E-state index contributed by atoms with van der Waals surface area (Å²) < 4.78 is 0. The molecule has 1 saturated carbocycles. The van der Waals surface area contributed by atoms with Crippen molar-refractivity contribution in [1.29, 1.82) is 0 Å². The van der Waals surface area contributed by atoms with Gasteiger partial charge >= 0.3 is 0 Å². The van der Waals surface area contributed by atoms with Crippen LogP contribution in [0.2, 0.25) is 0 Å². The highest BCUT2D eigenvalue weighted by atomic mass is 16.2. The third-order valence-electron chi connectivity index (χ3n) is 4.76. The van der Waals surface area contributed by atoms with E-state index in [-0.39, 0.29) is 17.9 Å². The molecule has 1 aromatic carbocycles. The Morgan fingerprint density at radius 3 is 2.73 bits per heavy atom. The Balaban J connectivity index is 1.83. The largest absolute Gasteiger partial charge is 0.351 e. The number of benzene rings is 1. The Bertz CT molecular complexity index is 564. The molecule has 2 aliphatic rings. The van der Waals surface area contributed by atoms with E-state index in [0.717, 1.165) is 31.2 Å². The van der Waals surface area contributed by atoms with E-state index in [0.29, 0.717) is 12.1 Å². The van der Waals surface area contributed by atoms with Crippen LogP contribution in [0.1, 0.15) is 67.4 Å². The van der Waals surface area contributed by atoms with Gasteiger partial charge in [-0.15, -0.1) is 0 Å². The molecule has 0 spiro atoms. The number of carbonyl (C=O) groups excluding carboxylic acids is 2. The number of hydrogen-bond acceptors (Lipinski definition) is 2. The number of nitrogens with zero attached hydrogens (tertiary/aromatic N) is 1. The van der Waals surface area contributed by atoms with E-state index in [9.17, 15) is 9.59 Å². The second kappa shape index (κ2) is 6.51. The monoisotopic (exact) mass is 300 g/mol. The van der Waals surface area contributed by atoms with Gasteiger partial charge in [-0.2, -0.15) is 0 Å². The highest BCUT2D eigenvalue weighted by molar-refractivity contribution is 6.04. The van der Waals surface area contributed by atoms with E-state index in [1.165, 1.54) is 12.8 Å². The SMILES string of the molecule is CCCCN1C(=O)c2ccccc2[C@@H]1C(=O)NC1CCCC1. The number of fused-ring (bicyclic) bond motifs is 1. The molecule has 1 aliphatic carbocycles. The van der Waals surface area contributed by atoms with Crippen molar-refractivity contribution in [3.05, 3.63) is 35.4 Å². The fourth-order valence-electron chi connectivity index (χ4n) is 3.56. The topological polar surface area (TPSA) is 49.4 Å². The minimum atomic E-state index is -0.448. The summed E-state index contributed by atoms with van der Waals surface area (Å²) in [6, 6.07) is 7.36. The van der Waals surface area contributed by atoms with Crippen molar-refractivity contribution in [2.24, 2.45) is 0 Å². The van der Waals surface area contributed by atoms with Crippen molar-refractivity contribution >= 4 is 11.8 Å². The molecule has 1 atom stereocenters. The second-order valence-electron chi connectivity index (χ2n) is 6.33. The molecule has 4 nitrogen and oxygen atoms in total. The average molecular weight is 300 g/mol. The van der Waals surface area contributed by atoms with Gasteiger partial charge in [-0.3, -0.25) is 9.59 Å². The molecule has 0 unspecified atom stereocenters. The van der Waals surface area contributed by atoms with Crippen molar-refractivity contribution < 1.29 is 9.59 Å². The molecule has 0 saturated heterocycles. The fraction of sp³-hybridized carbons (Fsp3) is 0.556. The summed E-state index contributed by atoms with van der Waals surface area (Å²) in [6.07, 6.45) is 6.42. The standard InChI is InChI=1S/C18H24N2O2/c1-2-3-12-20-16(17(21)19-13-8-4-5-9-13)14-10-6-7-11-15(14)18(20)22/h6-7,10-11,13,16H,2-5,8-9,12H2,1H3,(H,19,21)/t16-/m1/s1. The summed E-state index contributed by atoms with van der Waals surface area (Å²) in [5.74, 6) is -0.0167. The molecule has 2 amide bonds. The number of hydrogen-bond donors (Lipinski definition) is 1. The van der Waals surface area contributed by atoms with E-state index in [2.05, 4.69) is 12.2 Å². The molecule has 1 aromatic rings. The van der Waals surface area contributed by atoms with Crippen LogP contribution in [0.5, 0.6) is 0 Å². The van der Waals surface area contributed by atoms with Crippen molar-refractivity contribution in [3.63, 3.8) is 0 Å². The van der Waals surface area contributed by atoms with Crippen molar-refractivity contribution in [1.82, 2.24) is 10.2 Å². The van der Waals surface area contributed by atoms with Gasteiger partial charge in [0.1, 0.15) is 6.04 Å². The van der Waals surface area contributed by atoms with E-state index in [1.807, 2.05) is 24.3 Å². The van der Waals surface area contributed by atoms with Gasteiger partial charge in [-0.05, 0) is 30.9 Å². The van der Waals surface area contributed by atoms with Crippen LogP contribution in [0.3, 0.4) is 0 Å². The van der Waals surface area contributed by atoms with Crippen LogP contribution in [-0.2, 0) is 4.79 Å². The Labute approximate surface area is 131 Å². The molecule has 3 rings (SSSR count). The quantitative estimate of drug-likeness (QED) is 0.908. The van der Waals surface area contributed by atoms with Crippen molar-refractivity contribution in [3.8, 4) is 0 Å². The molecule has 118 valence electrons. The summed E-state index contributed by atoms with van der Waals surface area (Å²) in [4.78, 5) is 27.1. The maximum atomic E-state index is 12.8. The zero-order valence-electron chi connectivity index (χ0n) is 13.2. The highest BCUT2D eigenvalue weighted by Gasteiger charge is 2.40. The van der Waals surface area contributed by atoms with Gasteiger partial charge in [-0.25, -0.2) is 0 Å². The van der Waals surface area contributed by atoms with Crippen LogP contribution in [0.15, 0.2) is 24.3 Å². The molecule has 22 heavy (non-hydrogen) atoms. The van der Waals surface area contributed by atoms with Crippen molar-refractivity contribution in [2.75, 3.05) is 6.54 Å². The molecule has 1 N–H and O–H groups in total. The third kappa shape index (κ3) is 2.74. The molecule has 1 heterocycles. The predicted molar refractivity (Wildman–Crippen MR) is 85.5 cm³/mol. The summed E-state index contributed by atoms with van der Waals surface area (Å²) in [5.41, 5.74) is 1.55. The minimum absolute atomic E-state index is 0.00405. The first-order valence-corrected chi connectivity index (χ1v) is 8.42. The lowest BCUT2D eigenvalue weighted by Gasteiger charge is -2.26. The van der Waals surface area contributed by atoms with Crippen LogP contribution in [0.25, 0.3) is 0 Å². The molecular formula is C18H24N2O2. The van der Waals surface area contributed by atoms with E-state index >= 15 is 0 Å². The number of unbranched alkanes of at least 4 members (excludes halogenated alkanes) is 1. The number of amides is 2. The summed E-state index contributed by atoms with van der Waals surface area (Å²) in [5, 5.41) is 3.16. The molecule has 0 aromatic heterocycles. The lowest BCUT2D eigenvalue weighted by atomic mass is 10.0. The van der Waals surface area contributed by atoms with Crippen LogP contribution in [0, 0.1) is 0 Å². The lowest BCUT2D eigenvalue weighted by Crippen LogP contribution is -2.42. The molecule has 1 fully saturated rings. The summed E-state index contributed by atoms with van der Waals surface area (Å²) in [6.45, 7) is 2.74. The molecule has 1 aliphatic heterocycles. The number of nitrogens with one attached hydrogen (secondary N) is 1. The molecular weight excluding hydrogens is 276 g/mol. The average Bonchev–Trinajstić information content (AvgIpc) is 3.12. The lowest BCUT2D eigenvalue weighted by molar-refractivity contribution is -0.126. The zero-order valence-corrected chi connectivity index (χ0v) is 13.2. The zero-order chi connectivity index (χ0) is 15.5. The van der Waals surface area contributed by atoms with Gasteiger partial charge in [0.15, 0.2) is 0 Å². The minimum Gasteiger partial charge on any atom is -0.351 e. The molecule has 0 radical (unpaired) electrons. The van der Waals surface area contributed by atoms with Gasteiger partial charge in [-0.1, -0.05) is 44.4 Å². The maximum absolute atomic E-state index is 12.8. The van der Waals surface area contributed by atoms with Gasteiger partial charge in [0.05, 0.1) is 0 Å². The highest BCUT2D eigenvalue weighted by Crippen LogP contribution is 2.34. The second-order valence-corrected chi connectivity index (χ2v) is 6.33. The van der Waals surface area contributed by atoms with E-state index in [1.54, 1.807) is 4.90 Å². The Hall–Kier alpha value is -1.84. The van der Waals surface area contributed by atoms with Gasteiger partial charge in [0, 0.05) is 18.2 Å². The van der Waals surface area contributed by atoms with E-state index < -0.39 is 6.04 Å².